The second kappa shape index (κ2) is 6.78. The Morgan fingerprint density at radius 3 is 2.38 bits per heavy atom. The van der Waals surface area contributed by atoms with Crippen molar-refractivity contribution in [3.8, 4) is 5.75 Å². The fraction of sp³-hybridized carbons (Fsp3) is 0.231. The molecule has 0 saturated carbocycles. The van der Waals surface area contributed by atoms with Gasteiger partial charge in [0.1, 0.15) is 11.4 Å². The number of rotatable bonds is 4. The lowest BCUT2D eigenvalue weighted by Gasteiger charge is -2.12. The van der Waals surface area contributed by atoms with Crippen LogP contribution in [-0.2, 0) is 14.3 Å². The number of halogens is 3. The summed E-state index contributed by atoms with van der Waals surface area (Å²) in [6.07, 6.45) is -3.84. The fourth-order valence-corrected chi connectivity index (χ4v) is 1.42. The van der Waals surface area contributed by atoms with Crippen LogP contribution in [0.3, 0.4) is 0 Å². The number of hydrogen-bond donors (Lipinski definition) is 1. The molecule has 0 bridgehead atoms. The average molecular weight is 303 g/mol. The van der Waals surface area contributed by atoms with E-state index in [4.69, 9.17) is 0 Å². The third-order valence-electron chi connectivity index (χ3n) is 2.16. The summed E-state index contributed by atoms with van der Waals surface area (Å²) in [6.45, 7) is 1.15. The Hall–Kier alpha value is -2.51. The number of benzene rings is 1. The molecule has 0 heterocycles. The van der Waals surface area contributed by atoms with Gasteiger partial charge in [-0.25, -0.2) is 4.79 Å². The van der Waals surface area contributed by atoms with Crippen molar-refractivity contribution in [2.75, 3.05) is 7.11 Å². The molecule has 0 fully saturated rings. The molecule has 1 N–H and O–H groups in total. The van der Waals surface area contributed by atoms with E-state index in [9.17, 15) is 22.8 Å². The summed E-state index contributed by atoms with van der Waals surface area (Å²) in [5.74, 6) is -1.97. The highest BCUT2D eigenvalue weighted by Crippen LogP contribution is 2.27. The summed E-state index contributed by atoms with van der Waals surface area (Å²) in [5.41, 5.74) is -0.341. The third-order valence-corrected chi connectivity index (χ3v) is 2.16. The first-order valence-corrected chi connectivity index (χ1v) is 5.65. The first-order chi connectivity index (χ1) is 9.73. The molecule has 8 heteroatoms. The van der Waals surface area contributed by atoms with Crippen LogP contribution in [-0.4, -0.2) is 25.3 Å². The van der Waals surface area contributed by atoms with Crippen LogP contribution in [0, 0.1) is 0 Å². The molecule has 0 aliphatic rings. The Morgan fingerprint density at radius 1 is 1.24 bits per heavy atom. The number of amides is 1. The Bertz CT molecular complexity index is 567. The quantitative estimate of drug-likeness (QED) is 0.684. The van der Waals surface area contributed by atoms with Crippen molar-refractivity contribution in [2.24, 2.45) is 0 Å². The normalized spacial score (nSPS) is 11.8. The maximum Gasteiger partial charge on any atom is 0.573 e. The van der Waals surface area contributed by atoms with E-state index in [1.165, 1.54) is 18.2 Å². The molecule has 0 aliphatic heterocycles. The second-order valence-corrected chi connectivity index (χ2v) is 3.82. The predicted molar refractivity (Wildman–Crippen MR) is 66.9 cm³/mol. The number of esters is 1. The van der Waals surface area contributed by atoms with Gasteiger partial charge in [0.15, 0.2) is 0 Å². The second-order valence-electron chi connectivity index (χ2n) is 3.82. The van der Waals surface area contributed by atoms with Crippen LogP contribution in [0.4, 0.5) is 13.2 Å². The molecule has 0 aliphatic carbocycles. The molecule has 0 atom stereocenters. The van der Waals surface area contributed by atoms with Crippen molar-refractivity contribution < 1.29 is 32.2 Å². The average Bonchev–Trinajstić information content (AvgIpc) is 2.37. The number of para-hydroxylation sites is 1. The highest BCUT2D eigenvalue weighted by Gasteiger charge is 2.31. The topological polar surface area (TPSA) is 64.6 Å². The number of methoxy groups -OCH3 is 1. The number of hydrogen-bond acceptors (Lipinski definition) is 4. The van der Waals surface area contributed by atoms with E-state index in [2.05, 4.69) is 14.8 Å². The molecular formula is C13H12F3NO4. The molecule has 0 aromatic heterocycles. The number of ether oxygens (including phenoxy) is 2. The van der Waals surface area contributed by atoms with Gasteiger partial charge < -0.3 is 14.8 Å². The molecule has 0 radical (unpaired) electrons. The zero-order valence-corrected chi connectivity index (χ0v) is 11.2. The van der Waals surface area contributed by atoms with Gasteiger partial charge in [0.25, 0.3) is 0 Å². The summed E-state index contributed by atoms with van der Waals surface area (Å²) in [6, 6.07) is 5.18. The van der Waals surface area contributed by atoms with Crippen molar-refractivity contribution >= 4 is 18.0 Å². The van der Waals surface area contributed by atoms with Crippen LogP contribution in [0.25, 0.3) is 6.08 Å². The Labute approximate surface area is 118 Å². The molecule has 0 unspecified atom stereocenters. The highest BCUT2D eigenvalue weighted by molar-refractivity contribution is 5.97. The van der Waals surface area contributed by atoms with E-state index in [1.54, 1.807) is 0 Å². The summed E-state index contributed by atoms with van der Waals surface area (Å²) in [5, 5.41) is 2.18. The molecule has 0 spiro atoms. The minimum atomic E-state index is -4.87. The minimum Gasteiger partial charge on any atom is -0.464 e. The molecule has 1 amide bonds. The lowest BCUT2D eigenvalue weighted by molar-refractivity contribution is -0.274. The molecule has 1 rings (SSSR count). The van der Waals surface area contributed by atoms with Gasteiger partial charge in [-0.1, -0.05) is 18.2 Å². The van der Waals surface area contributed by atoms with Gasteiger partial charge in [0.05, 0.1) is 7.11 Å². The van der Waals surface area contributed by atoms with Gasteiger partial charge in [-0.15, -0.1) is 13.2 Å². The maximum absolute atomic E-state index is 12.3. The van der Waals surface area contributed by atoms with E-state index in [-0.39, 0.29) is 11.3 Å². The van der Waals surface area contributed by atoms with E-state index in [0.29, 0.717) is 0 Å². The van der Waals surface area contributed by atoms with Crippen LogP contribution in [0.5, 0.6) is 5.75 Å². The Morgan fingerprint density at radius 2 is 1.86 bits per heavy atom. The number of nitrogens with one attached hydrogen (secondary N) is 1. The first kappa shape index (κ1) is 16.5. The molecule has 5 nitrogen and oxygen atoms in total. The summed E-state index contributed by atoms with van der Waals surface area (Å²) < 4.78 is 45.2. The number of alkyl halides is 3. The van der Waals surface area contributed by atoms with Gasteiger partial charge in [0.2, 0.25) is 5.91 Å². The third kappa shape index (κ3) is 5.55. The van der Waals surface area contributed by atoms with Gasteiger partial charge in [0, 0.05) is 12.5 Å². The van der Waals surface area contributed by atoms with E-state index in [0.717, 1.165) is 26.2 Å². The van der Waals surface area contributed by atoms with Crippen molar-refractivity contribution in [3.63, 3.8) is 0 Å². The molecule has 114 valence electrons. The van der Waals surface area contributed by atoms with Gasteiger partial charge in [-0.2, -0.15) is 0 Å². The SMILES string of the molecule is COC(=O)C(=Cc1ccccc1OC(F)(F)F)NC(C)=O. The van der Waals surface area contributed by atoms with Crippen LogP contribution >= 0.6 is 0 Å². The number of carbonyl (C=O) groups is 2. The summed E-state index contributed by atoms with van der Waals surface area (Å²) in [4.78, 5) is 22.5. The monoisotopic (exact) mass is 303 g/mol. The highest BCUT2D eigenvalue weighted by atomic mass is 19.4. The van der Waals surface area contributed by atoms with E-state index in [1.807, 2.05) is 0 Å². The molecule has 0 saturated heterocycles. The van der Waals surface area contributed by atoms with Crippen LogP contribution < -0.4 is 10.1 Å². The van der Waals surface area contributed by atoms with Crippen LogP contribution in [0.1, 0.15) is 12.5 Å². The van der Waals surface area contributed by atoms with Crippen molar-refractivity contribution in [2.45, 2.75) is 13.3 Å². The largest absolute Gasteiger partial charge is 0.573 e. The fourth-order valence-electron chi connectivity index (χ4n) is 1.42. The lowest BCUT2D eigenvalue weighted by Crippen LogP contribution is -2.25. The molecule has 1 aromatic carbocycles. The number of carbonyl (C=O) groups excluding carboxylic acids is 2. The van der Waals surface area contributed by atoms with Crippen molar-refractivity contribution in [3.05, 3.63) is 35.5 Å². The Balaban J connectivity index is 3.20. The smallest absolute Gasteiger partial charge is 0.464 e. The van der Waals surface area contributed by atoms with Crippen LogP contribution in [0.15, 0.2) is 30.0 Å². The van der Waals surface area contributed by atoms with Crippen LogP contribution in [0.2, 0.25) is 0 Å². The van der Waals surface area contributed by atoms with Gasteiger partial charge in [-0.05, 0) is 12.1 Å². The van der Waals surface area contributed by atoms with E-state index >= 15 is 0 Å². The zero-order chi connectivity index (χ0) is 16.0. The summed E-state index contributed by atoms with van der Waals surface area (Å²) >= 11 is 0. The van der Waals surface area contributed by atoms with E-state index < -0.39 is 24.0 Å². The lowest BCUT2D eigenvalue weighted by atomic mass is 10.1. The zero-order valence-electron chi connectivity index (χ0n) is 11.2. The minimum absolute atomic E-state index is 0.0380. The standard InChI is InChI=1S/C13H12F3NO4/c1-8(18)17-10(12(19)20-2)7-9-5-3-4-6-11(9)21-13(14,15)16/h3-7H,1-2H3,(H,17,18). The molecule has 1 aromatic rings. The Kier molecular flexibility index (Phi) is 5.34. The van der Waals surface area contributed by atoms with Gasteiger partial charge >= 0.3 is 12.3 Å². The van der Waals surface area contributed by atoms with Crippen molar-refractivity contribution in [1.29, 1.82) is 0 Å². The first-order valence-electron chi connectivity index (χ1n) is 5.65. The summed E-state index contributed by atoms with van der Waals surface area (Å²) in [7, 11) is 1.08. The maximum atomic E-state index is 12.3. The molecular weight excluding hydrogens is 291 g/mol. The van der Waals surface area contributed by atoms with Crippen molar-refractivity contribution in [1.82, 2.24) is 5.32 Å². The van der Waals surface area contributed by atoms with Gasteiger partial charge in [-0.3, -0.25) is 4.79 Å². The predicted octanol–water partition coefficient (Wildman–Crippen LogP) is 2.24. The molecule has 21 heavy (non-hydrogen) atoms.